The number of hydrogen-bond acceptors (Lipinski definition) is 3. The van der Waals surface area contributed by atoms with Crippen molar-refractivity contribution in [1.82, 2.24) is 14.5 Å². The van der Waals surface area contributed by atoms with Gasteiger partial charge in [0.15, 0.2) is 0 Å². The highest BCUT2D eigenvalue weighted by Crippen LogP contribution is 2.22. The van der Waals surface area contributed by atoms with E-state index < -0.39 is 0 Å². The number of nitrogens with zero attached hydrogens (tertiary/aromatic N) is 3. The highest BCUT2D eigenvalue weighted by molar-refractivity contribution is 5.94. The Bertz CT molecular complexity index is 1020. The molecule has 5 heteroatoms. The van der Waals surface area contributed by atoms with E-state index in [1.807, 2.05) is 63.2 Å². The second kappa shape index (κ2) is 7.74. The minimum atomic E-state index is -0.318. The minimum absolute atomic E-state index is 0.0493. The second-order valence-electron chi connectivity index (χ2n) is 6.89. The first-order valence-electron chi connectivity index (χ1n) is 9.27. The molecule has 1 heterocycles. The molecule has 140 valence electrons. The van der Waals surface area contributed by atoms with Gasteiger partial charge in [-0.3, -0.25) is 14.2 Å². The molecule has 5 nitrogen and oxygen atoms in total. The van der Waals surface area contributed by atoms with E-state index in [-0.39, 0.29) is 17.5 Å². The van der Waals surface area contributed by atoms with E-state index in [9.17, 15) is 9.59 Å². The summed E-state index contributed by atoms with van der Waals surface area (Å²) in [5.41, 5.74) is 2.32. The van der Waals surface area contributed by atoms with Crippen LogP contribution in [0.3, 0.4) is 0 Å². The molecule has 0 spiro atoms. The molecule has 0 bridgehead atoms. The summed E-state index contributed by atoms with van der Waals surface area (Å²) in [6.45, 7) is 6.55. The van der Waals surface area contributed by atoms with E-state index in [1.54, 1.807) is 22.6 Å². The Morgan fingerprint density at radius 2 is 1.81 bits per heavy atom. The van der Waals surface area contributed by atoms with Gasteiger partial charge in [-0.1, -0.05) is 36.8 Å². The zero-order valence-corrected chi connectivity index (χ0v) is 16.3. The topological polar surface area (TPSA) is 55.2 Å². The fraction of sp³-hybridized carbons (Fsp3) is 0.318. The third-order valence-electron chi connectivity index (χ3n) is 4.88. The summed E-state index contributed by atoms with van der Waals surface area (Å²) in [6, 6.07) is 14.6. The Hall–Kier alpha value is -2.95. The standard InChI is InChI=1S/C22H25N3O2/c1-5-14-25(21(26)17-12-10-15(2)11-13-17)16(3)20-23-19-9-7-6-8-18(19)22(27)24(20)4/h6-13,16H,5,14H2,1-4H3. The van der Waals surface area contributed by atoms with E-state index in [0.717, 1.165) is 12.0 Å². The summed E-state index contributed by atoms with van der Waals surface area (Å²) in [5, 5.41) is 0.586. The second-order valence-corrected chi connectivity index (χ2v) is 6.89. The number of carbonyl (C=O) groups excluding carboxylic acids is 1. The lowest BCUT2D eigenvalue weighted by Crippen LogP contribution is -2.37. The first kappa shape index (κ1) is 18.8. The number of carbonyl (C=O) groups is 1. The zero-order chi connectivity index (χ0) is 19.6. The molecule has 3 aromatic rings. The molecule has 1 atom stereocenters. The average Bonchev–Trinajstić information content (AvgIpc) is 2.68. The highest BCUT2D eigenvalue weighted by Gasteiger charge is 2.25. The molecule has 0 fully saturated rings. The van der Waals surface area contributed by atoms with Crippen LogP contribution in [0.5, 0.6) is 0 Å². The van der Waals surface area contributed by atoms with Crippen LogP contribution in [0.2, 0.25) is 0 Å². The van der Waals surface area contributed by atoms with Gasteiger partial charge in [0, 0.05) is 19.2 Å². The Kier molecular flexibility index (Phi) is 5.40. The lowest BCUT2D eigenvalue weighted by atomic mass is 10.1. The number of amides is 1. The van der Waals surface area contributed by atoms with Gasteiger partial charge in [-0.25, -0.2) is 4.98 Å². The van der Waals surface area contributed by atoms with Crippen LogP contribution in [-0.4, -0.2) is 26.9 Å². The van der Waals surface area contributed by atoms with Gasteiger partial charge >= 0.3 is 0 Å². The van der Waals surface area contributed by atoms with Crippen molar-refractivity contribution >= 4 is 16.8 Å². The number of fused-ring (bicyclic) bond motifs is 1. The monoisotopic (exact) mass is 363 g/mol. The third-order valence-corrected chi connectivity index (χ3v) is 4.88. The molecular weight excluding hydrogens is 338 g/mol. The van der Waals surface area contributed by atoms with Crippen LogP contribution >= 0.6 is 0 Å². The van der Waals surface area contributed by atoms with E-state index in [4.69, 9.17) is 4.98 Å². The molecule has 27 heavy (non-hydrogen) atoms. The fourth-order valence-electron chi connectivity index (χ4n) is 3.32. The summed E-state index contributed by atoms with van der Waals surface area (Å²) in [6.07, 6.45) is 0.823. The average molecular weight is 363 g/mol. The van der Waals surface area contributed by atoms with Gasteiger partial charge in [0.1, 0.15) is 5.82 Å². The summed E-state index contributed by atoms with van der Waals surface area (Å²) in [7, 11) is 1.72. The van der Waals surface area contributed by atoms with Crippen LogP contribution in [0.4, 0.5) is 0 Å². The van der Waals surface area contributed by atoms with Crippen LogP contribution in [0, 0.1) is 6.92 Å². The maximum atomic E-state index is 13.1. The lowest BCUT2D eigenvalue weighted by molar-refractivity contribution is 0.0680. The van der Waals surface area contributed by atoms with Crippen molar-refractivity contribution in [1.29, 1.82) is 0 Å². The third kappa shape index (κ3) is 3.63. The first-order valence-corrected chi connectivity index (χ1v) is 9.27. The maximum absolute atomic E-state index is 13.1. The number of benzene rings is 2. The SMILES string of the molecule is CCCN(C(=O)c1ccc(C)cc1)C(C)c1nc2ccccc2c(=O)n1C. The fourth-order valence-corrected chi connectivity index (χ4v) is 3.32. The number of aromatic nitrogens is 2. The quantitative estimate of drug-likeness (QED) is 0.692. The number of rotatable bonds is 5. The van der Waals surface area contributed by atoms with Crippen LogP contribution in [-0.2, 0) is 7.05 Å². The molecular formula is C22H25N3O2. The van der Waals surface area contributed by atoms with Crippen molar-refractivity contribution in [3.05, 3.63) is 75.8 Å². The molecule has 2 aromatic carbocycles. The Balaban J connectivity index is 2.05. The number of aryl methyl sites for hydroxylation is 1. The molecule has 0 aliphatic rings. The lowest BCUT2D eigenvalue weighted by Gasteiger charge is -2.30. The Labute approximate surface area is 159 Å². The van der Waals surface area contributed by atoms with Gasteiger partial charge in [0.25, 0.3) is 11.5 Å². The number of hydrogen-bond donors (Lipinski definition) is 0. The summed E-state index contributed by atoms with van der Waals surface area (Å²) >= 11 is 0. The predicted octanol–water partition coefficient (Wildman–Crippen LogP) is 3.86. The first-order chi connectivity index (χ1) is 12.9. The molecule has 0 saturated heterocycles. The van der Waals surface area contributed by atoms with Crippen LogP contribution in [0.25, 0.3) is 10.9 Å². The van der Waals surface area contributed by atoms with Crippen LogP contribution in [0.15, 0.2) is 53.3 Å². The molecule has 0 saturated carbocycles. The predicted molar refractivity (Wildman–Crippen MR) is 108 cm³/mol. The normalized spacial score (nSPS) is 12.1. The zero-order valence-electron chi connectivity index (χ0n) is 16.3. The van der Waals surface area contributed by atoms with E-state index in [0.29, 0.717) is 28.8 Å². The highest BCUT2D eigenvalue weighted by atomic mass is 16.2. The van der Waals surface area contributed by atoms with Crippen LogP contribution in [0.1, 0.15) is 48.1 Å². The van der Waals surface area contributed by atoms with Crippen LogP contribution < -0.4 is 5.56 Å². The van der Waals surface area contributed by atoms with Gasteiger partial charge in [-0.05, 0) is 44.5 Å². The van der Waals surface area contributed by atoms with E-state index in [2.05, 4.69) is 0 Å². The summed E-state index contributed by atoms with van der Waals surface area (Å²) < 4.78 is 1.55. The molecule has 1 aromatic heterocycles. The molecule has 0 aliphatic heterocycles. The molecule has 3 rings (SSSR count). The summed E-state index contributed by atoms with van der Waals surface area (Å²) in [5.74, 6) is 0.541. The van der Waals surface area contributed by atoms with Gasteiger partial charge in [0.05, 0.1) is 16.9 Å². The Morgan fingerprint density at radius 1 is 1.15 bits per heavy atom. The van der Waals surface area contributed by atoms with Gasteiger partial charge in [-0.2, -0.15) is 0 Å². The molecule has 1 unspecified atom stereocenters. The largest absolute Gasteiger partial charge is 0.329 e. The van der Waals surface area contributed by atoms with Crippen molar-refractivity contribution in [2.45, 2.75) is 33.2 Å². The minimum Gasteiger partial charge on any atom is -0.329 e. The van der Waals surface area contributed by atoms with Crippen molar-refractivity contribution in [2.75, 3.05) is 6.54 Å². The van der Waals surface area contributed by atoms with Gasteiger partial charge in [0.2, 0.25) is 0 Å². The Morgan fingerprint density at radius 3 is 2.48 bits per heavy atom. The molecule has 0 radical (unpaired) electrons. The van der Waals surface area contributed by atoms with Crippen molar-refractivity contribution < 1.29 is 4.79 Å². The van der Waals surface area contributed by atoms with E-state index >= 15 is 0 Å². The smallest absolute Gasteiger partial charge is 0.261 e. The van der Waals surface area contributed by atoms with Crippen molar-refractivity contribution in [3.63, 3.8) is 0 Å². The summed E-state index contributed by atoms with van der Waals surface area (Å²) in [4.78, 5) is 32.4. The molecule has 0 aliphatic carbocycles. The van der Waals surface area contributed by atoms with Crippen molar-refractivity contribution in [3.8, 4) is 0 Å². The van der Waals surface area contributed by atoms with Crippen molar-refractivity contribution in [2.24, 2.45) is 7.05 Å². The molecule has 0 N–H and O–H groups in total. The van der Waals surface area contributed by atoms with Gasteiger partial charge in [-0.15, -0.1) is 0 Å². The maximum Gasteiger partial charge on any atom is 0.261 e. The molecule has 1 amide bonds. The van der Waals surface area contributed by atoms with Gasteiger partial charge < -0.3 is 4.90 Å². The number of para-hydroxylation sites is 1. The van der Waals surface area contributed by atoms with E-state index in [1.165, 1.54) is 0 Å².